The smallest absolute Gasteiger partial charge is 0.134 e. The molecule has 23 heavy (non-hydrogen) atoms. The average Bonchev–Trinajstić information content (AvgIpc) is 2.61. The van der Waals surface area contributed by atoms with Gasteiger partial charge in [-0.05, 0) is 46.0 Å². The molecule has 0 aliphatic carbocycles. The molecule has 0 atom stereocenters. The number of hydrogen-bond donors (Lipinski definition) is 1. The van der Waals surface area contributed by atoms with Crippen LogP contribution >= 0.6 is 15.9 Å². The molecule has 1 aliphatic heterocycles. The fourth-order valence-corrected chi connectivity index (χ4v) is 3.21. The zero-order valence-corrected chi connectivity index (χ0v) is 14.7. The van der Waals surface area contributed by atoms with E-state index in [0.717, 1.165) is 42.8 Å². The molecule has 1 fully saturated rings. The third-order valence-corrected chi connectivity index (χ3v) is 4.98. The van der Waals surface area contributed by atoms with Gasteiger partial charge in [-0.25, -0.2) is 0 Å². The van der Waals surface area contributed by atoms with E-state index in [-0.39, 0.29) is 0 Å². The van der Waals surface area contributed by atoms with E-state index in [1.807, 2.05) is 30.3 Å². The van der Waals surface area contributed by atoms with Gasteiger partial charge in [-0.3, -0.25) is 0 Å². The molecule has 2 aromatic rings. The second-order valence-corrected chi connectivity index (χ2v) is 6.56. The fraction of sp³-hybridized carbons (Fsp3) is 0.368. The Labute approximate surface area is 146 Å². The molecule has 0 saturated carbocycles. The molecule has 3 nitrogen and oxygen atoms in total. The average molecular weight is 376 g/mol. The molecule has 1 N–H and O–H groups in total. The molecule has 2 aromatic carbocycles. The van der Waals surface area contributed by atoms with E-state index in [4.69, 9.17) is 9.47 Å². The summed E-state index contributed by atoms with van der Waals surface area (Å²) in [7, 11) is 0. The van der Waals surface area contributed by atoms with Crippen molar-refractivity contribution in [1.82, 2.24) is 5.32 Å². The van der Waals surface area contributed by atoms with Crippen molar-refractivity contribution in [2.75, 3.05) is 13.2 Å². The van der Waals surface area contributed by atoms with E-state index >= 15 is 0 Å². The minimum absolute atomic E-state index is 0.546. The summed E-state index contributed by atoms with van der Waals surface area (Å²) < 4.78 is 12.4. The van der Waals surface area contributed by atoms with Crippen molar-refractivity contribution in [3.05, 3.63) is 64.1 Å². The van der Waals surface area contributed by atoms with Crippen molar-refractivity contribution in [2.24, 2.45) is 0 Å². The summed E-state index contributed by atoms with van der Waals surface area (Å²) in [4.78, 5) is 0. The highest BCUT2D eigenvalue weighted by Crippen LogP contribution is 2.29. The van der Waals surface area contributed by atoms with Gasteiger partial charge in [0, 0.05) is 25.8 Å². The Morgan fingerprint density at radius 1 is 1.04 bits per heavy atom. The minimum atomic E-state index is 0.546. The van der Waals surface area contributed by atoms with Gasteiger partial charge in [0.05, 0.1) is 4.47 Å². The van der Waals surface area contributed by atoms with Crippen LogP contribution in [0.1, 0.15) is 24.0 Å². The van der Waals surface area contributed by atoms with E-state index in [1.165, 1.54) is 11.1 Å². The van der Waals surface area contributed by atoms with Crippen LogP contribution in [-0.4, -0.2) is 19.3 Å². The number of nitrogens with one attached hydrogen (secondary N) is 1. The first-order chi connectivity index (χ1) is 11.3. The lowest BCUT2D eigenvalue weighted by Crippen LogP contribution is -2.34. The Bertz CT molecular complexity index is 612. The monoisotopic (exact) mass is 375 g/mol. The molecular weight excluding hydrogens is 354 g/mol. The van der Waals surface area contributed by atoms with Crippen molar-refractivity contribution in [3.63, 3.8) is 0 Å². The summed E-state index contributed by atoms with van der Waals surface area (Å²) in [5.74, 6) is 0.889. The second-order valence-electron chi connectivity index (χ2n) is 5.77. The minimum Gasteiger partial charge on any atom is -0.488 e. The van der Waals surface area contributed by atoms with Crippen LogP contribution in [0.2, 0.25) is 0 Å². The number of hydrogen-bond acceptors (Lipinski definition) is 3. The third kappa shape index (κ3) is 4.80. The van der Waals surface area contributed by atoms with Crippen molar-refractivity contribution in [1.29, 1.82) is 0 Å². The van der Waals surface area contributed by atoms with Crippen molar-refractivity contribution < 1.29 is 9.47 Å². The van der Waals surface area contributed by atoms with Crippen molar-refractivity contribution >= 4 is 15.9 Å². The first-order valence-electron chi connectivity index (χ1n) is 8.08. The van der Waals surface area contributed by atoms with Gasteiger partial charge in [-0.1, -0.05) is 42.5 Å². The van der Waals surface area contributed by atoms with Gasteiger partial charge >= 0.3 is 0 Å². The molecule has 0 bridgehead atoms. The molecule has 0 spiro atoms. The SMILES string of the molecule is Brc1c(CNC2CCOCC2)cccc1OCc1ccccc1. The number of halogens is 1. The predicted molar refractivity (Wildman–Crippen MR) is 95.6 cm³/mol. The van der Waals surface area contributed by atoms with Crippen LogP contribution in [0.3, 0.4) is 0 Å². The molecule has 1 aliphatic rings. The first kappa shape index (κ1) is 16.5. The van der Waals surface area contributed by atoms with Crippen LogP contribution in [0.4, 0.5) is 0 Å². The summed E-state index contributed by atoms with van der Waals surface area (Å²) in [6, 6.07) is 17.0. The second kappa shape index (κ2) is 8.48. The Balaban J connectivity index is 1.59. The van der Waals surface area contributed by atoms with E-state index < -0.39 is 0 Å². The molecule has 122 valence electrons. The Kier molecular flexibility index (Phi) is 6.08. The van der Waals surface area contributed by atoms with E-state index in [0.29, 0.717) is 12.6 Å². The van der Waals surface area contributed by atoms with Gasteiger partial charge in [0.25, 0.3) is 0 Å². The standard InChI is InChI=1S/C19H22BrNO2/c20-19-16(13-21-17-9-11-22-12-10-17)7-4-8-18(19)23-14-15-5-2-1-3-6-15/h1-8,17,21H,9-14H2. The van der Waals surface area contributed by atoms with Crippen LogP contribution < -0.4 is 10.1 Å². The number of rotatable bonds is 6. The summed E-state index contributed by atoms with van der Waals surface area (Å²) in [6.07, 6.45) is 2.17. The van der Waals surface area contributed by atoms with E-state index in [9.17, 15) is 0 Å². The highest BCUT2D eigenvalue weighted by Gasteiger charge is 2.14. The Morgan fingerprint density at radius 3 is 2.61 bits per heavy atom. The maximum atomic E-state index is 5.96. The lowest BCUT2D eigenvalue weighted by atomic mass is 10.1. The van der Waals surface area contributed by atoms with Crippen LogP contribution in [-0.2, 0) is 17.9 Å². The summed E-state index contributed by atoms with van der Waals surface area (Å²) in [5, 5.41) is 3.61. The van der Waals surface area contributed by atoms with Crippen LogP contribution in [0.15, 0.2) is 53.0 Å². The summed E-state index contributed by atoms with van der Waals surface area (Å²) >= 11 is 3.69. The van der Waals surface area contributed by atoms with Gasteiger partial charge in [-0.2, -0.15) is 0 Å². The lowest BCUT2D eigenvalue weighted by Gasteiger charge is -2.23. The summed E-state index contributed by atoms with van der Waals surface area (Å²) in [5.41, 5.74) is 2.40. The predicted octanol–water partition coefficient (Wildman–Crippen LogP) is 4.30. The van der Waals surface area contributed by atoms with E-state index in [1.54, 1.807) is 0 Å². The number of ether oxygens (including phenoxy) is 2. The fourth-order valence-electron chi connectivity index (χ4n) is 2.70. The van der Waals surface area contributed by atoms with Gasteiger partial charge in [0.1, 0.15) is 12.4 Å². The van der Waals surface area contributed by atoms with Gasteiger partial charge < -0.3 is 14.8 Å². The third-order valence-electron chi connectivity index (χ3n) is 4.08. The Morgan fingerprint density at radius 2 is 1.83 bits per heavy atom. The Hall–Kier alpha value is -1.36. The lowest BCUT2D eigenvalue weighted by molar-refractivity contribution is 0.0776. The zero-order valence-electron chi connectivity index (χ0n) is 13.1. The maximum Gasteiger partial charge on any atom is 0.134 e. The van der Waals surface area contributed by atoms with Crippen LogP contribution in [0.25, 0.3) is 0 Å². The largest absolute Gasteiger partial charge is 0.488 e. The molecule has 3 rings (SSSR count). The molecule has 1 saturated heterocycles. The zero-order chi connectivity index (χ0) is 15.9. The summed E-state index contributed by atoms with van der Waals surface area (Å²) in [6.45, 7) is 3.14. The van der Waals surface area contributed by atoms with Gasteiger partial charge in [0.15, 0.2) is 0 Å². The van der Waals surface area contributed by atoms with Gasteiger partial charge in [0.2, 0.25) is 0 Å². The molecule has 1 heterocycles. The molecule has 0 amide bonds. The van der Waals surface area contributed by atoms with Crippen LogP contribution in [0.5, 0.6) is 5.75 Å². The highest BCUT2D eigenvalue weighted by molar-refractivity contribution is 9.10. The topological polar surface area (TPSA) is 30.5 Å². The highest BCUT2D eigenvalue weighted by atomic mass is 79.9. The molecule has 4 heteroatoms. The normalized spacial score (nSPS) is 15.5. The van der Waals surface area contributed by atoms with Crippen LogP contribution in [0, 0.1) is 0 Å². The molecular formula is C19H22BrNO2. The number of benzene rings is 2. The van der Waals surface area contributed by atoms with Crippen molar-refractivity contribution in [3.8, 4) is 5.75 Å². The van der Waals surface area contributed by atoms with Crippen molar-refractivity contribution in [2.45, 2.75) is 32.0 Å². The quantitative estimate of drug-likeness (QED) is 0.816. The maximum absolute atomic E-state index is 5.96. The van der Waals surface area contributed by atoms with E-state index in [2.05, 4.69) is 39.4 Å². The molecule has 0 unspecified atom stereocenters. The van der Waals surface area contributed by atoms with Gasteiger partial charge in [-0.15, -0.1) is 0 Å². The molecule has 0 aromatic heterocycles. The molecule has 0 radical (unpaired) electrons. The first-order valence-corrected chi connectivity index (χ1v) is 8.87.